The van der Waals surface area contributed by atoms with Gasteiger partial charge in [0, 0.05) is 18.7 Å². The average Bonchev–Trinajstić information content (AvgIpc) is 3.34. The molecule has 2 aromatic heterocycles. The quantitative estimate of drug-likeness (QED) is 0.423. The van der Waals surface area contributed by atoms with Gasteiger partial charge in [-0.05, 0) is 19.1 Å². The van der Waals surface area contributed by atoms with Gasteiger partial charge < -0.3 is 19.7 Å². The molecular weight excluding hydrogens is 466 g/mol. The van der Waals surface area contributed by atoms with Crippen LogP contribution in [0.1, 0.15) is 6.92 Å². The Labute approximate surface area is 205 Å². The molecule has 35 heavy (non-hydrogen) atoms. The highest BCUT2D eigenvalue weighted by atomic mass is 32.1. The number of fused-ring (bicyclic) bond motifs is 1. The van der Waals surface area contributed by atoms with Crippen molar-refractivity contribution in [1.82, 2.24) is 14.8 Å². The van der Waals surface area contributed by atoms with E-state index < -0.39 is 5.56 Å². The van der Waals surface area contributed by atoms with Crippen molar-refractivity contribution in [2.75, 3.05) is 43.1 Å². The van der Waals surface area contributed by atoms with E-state index >= 15 is 0 Å². The van der Waals surface area contributed by atoms with E-state index in [2.05, 4.69) is 20.3 Å². The Bertz CT molecular complexity index is 1400. The summed E-state index contributed by atoms with van der Waals surface area (Å²) in [5.41, 5.74) is 1.93. The molecule has 9 nitrogen and oxygen atoms in total. The lowest BCUT2D eigenvalue weighted by Crippen LogP contribution is -2.36. The van der Waals surface area contributed by atoms with Crippen LogP contribution in [0, 0.1) is 0 Å². The van der Waals surface area contributed by atoms with E-state index in [0.717, 1.165) is 10.7 Å². The summed E-state index contributed by atoms with van der Waals surface area (Å²) in [4.78, 5) is 33.1. The van der Waals surface area contributed by atoms with Gasteiger partial charge in [-0.2, -0.15) is 5.10 Å². The minimum absolute atomic E-state index is 0.251. The summed E-state index contributed by atoms with van der Waals surface area (Å²) in [7, 11) is 0. The van der Waals surface area contributed by atoms with Crippen molar-refractivity contribution in [3.05, 3.63) is 65.0 Å². The number of aromatic nitrogens is 3. The zero-order valence-corrected chi connectivity index (χ0v) is 20.1. The molecule has 4 aromatic rings. The number of para-hydroxylation sites is 2. The molecule has 1 aliphatic rings. The molecule has 1 saturated heterocycles. The van der Waals surface area contributed by atoms with Crippen LogP contribution in [0.15, 0.2) is 59.4 Å². The van der Waals surface area contributed by atoms with E-state index in [1.165, 1.54) is 16.0 Å². The number of benzene rings is 2. The van der Waals surface area contributed by atoms with Crippen molar-refractivity contribution >= 4 is 38.3 Å². The summed E-state index contributed by atoms with van der Waals surface area (Å²) in [6.07, 6.45) is 0. The molecule has 0 atom stereocenters. The third-order valence-corrected chi connectivity index (χ3v) is 6.69. The highest BCUT2D eigenvalue weighted by molar-refractivity contribution is 7.22. The second kappa shape index (κ2) is 10.2. The van der Waals surface area contributed by atoms with Gasteiger partial charge in [-0.15, -0.1) is 0 Å². The smallest absolute Gasteiger partial charge is 0.294 e. The lowest BCUT2D eigenvalue weighted by molar-refractivity contribution is -0.117. The Morgan fingerprint density at radius 3 is 2.63 bits per heavy atom. The summed E-state index contributed by atoms with van der Waals surface area (Å²) < 4.78 is 12.9. The van der Waals surface area contributed by atoms with Crippen molar-refractivity contribution in [3.63, 3.8) is 0 Å². The van der Waals surface area contributed by atoms with Crippen LogP contribution in [-0.2, 0) is 16.1 Å². The number of carbonyl (C=O) groups is 1. The Kier molecular flexibility index (Phi) is 6.73. The molecule has 3 heterocycles. The Hall–Kier alpha value is -3.76. The zero-order chi connectivity index (χ0) is 24.2. The van der Waals surface area contributed by atoms with E-state index in [1.54, 1.807) is 12.1 Å². The molecule has 0 aliphatic carbocycles. The monoisotopic (exact) mass is 491 g/mol. The molecule has 1 aliphatic heterocycles. The summed E-state index contributed by atoms with van der Waals surface area (Å²) in [6, 6.07) is 16.8. The fourth-order valence-electron chi connectivity index (χ4n) is 3.91. The molecule has 180 valence electrons. The van der Waals surface area contributed by atoms with Crippen LogP contribution in [0.2, 0.25) is 0 Å². The maximum atomic E-state index is 13.4. The molecule has 10 heteroatoms. The average molecular weight is 492 g/mol. The summed E-state index contributed by atoms with van der Waals surface area (Å²) in [5, 5.41) is 8.20. The standard InChI is InChI=1S/C25H25N5O4S/c1-2-34-19-11-7-6-10-18(19)26-20(31)16-30-24(32)22-23(21(28-30)17-8-4-3-5-9-17)35-25(27-22)29-12-14-33-15-13-29/h3-11H,2,12-16H2,1H3,(H,26,31). The minimum Gasteiger partial charge on any atom is -0.492 e. The number of ether oxygens (including phenoxy) is 2. The fourth-order valence-corrected chi connectivity index (χ4v) is 5.02. The van der Waals surface area contributed by atoms with Crippen LogP contribution in [0.3, 0.4) is 0 Å². The normalized spacial score (nSPS) is 13.7. The predicted octanol–water partition coefficient (Wildman–Crippen LogP) is 3.39. The van der Waals surface area contributed by atoms with Crippen LogP contribution < -0.4 is 20.5 Å². The highest BCUT2D eigenvalue weighted by Gasteiger charge is 2.22. The third kappa shape index (κ3) is 4.89. The van der Waals surface area contributed by atoms with Crippen molar-refractivity contribution < 1.29 is 14.3 Å². The van der Waals surface area contributed by atoms with E-state index in [0.29, 0.717) is 60.3 Å². The second-order valence-corrected chi connectivity index (χ2v) is 8.91. The first-order chi connectivity index (χ1) is 17.1. The van der Waals surface area contributed by atoms with Gasteiger partial charge in [0.25, 0.3) is 5.56 Å². The first kappa shape index (κ1) is 23.0. The number of nitrogens with zero attached hydrogens (tertiary/aromatic N) is 4. The molecule has 0 unspecified atom stereocenters. The van der Waals surface area contributed by atoms with Gasteiger partial charge in [0.15, 0.2) is 10.6 Å². The van der Waals surface area contributed by atoms with Gasteiger partial charge in [-0.1, -0.05) is 53.8 Å². The number of hydrogen-bond acceptors (Lipinski definition) is 8. The first-order valence-electron chi connectivity index (χ1n) is 11.5. The van der Waals surface area contributed by atoms with Crippen LogP contribution in [0.25, 0.3) is 21.5 Å². The summed E-state index contributed by atoms with van der Waals surface area (Å²) in [6.45, 7) is 4.76. The molecule has 0 spiro atoms. The van der Waals surface area contributed by atoms with Gasteiger partial charge in [0.1, 0.15) is 18.0 Å². The largest absolute Gasteiger partial charge is 0.492 e. The number of carbonyl (C=O) groups excluding carboxylic acids is 1. The van der Waals surface area contributed by atoms with Crippen molar-refractivity contribution in [1.29, 1.82) is 0 Å². The SMILES string of the molecule is CCOc1ccccc1NC(=O)Cn1nc(-c2ccccc2)c2sc(N3CCOCC3)nc2c1=O. The molecule has 1 fully saturated rings. The van der Waals surface area contributed by atoms with Crippen LogP contribution in [-0.4, -0.2) is 53.6 Å². The van der Waals surface area contributed by atoms with Gasteiger partial charge in [0.2, 0.25) is 5.91 Å². The highest BCUT2D eigenvalue weighted by Crippen LogP contribution is 2.34. The molecule has 1 N–H and O–H groups in total. The number of nitrogens with one attached hydrogen (secondary N) is 1. The molecule has 0 radical (unpaired) electrons. The number of amides is 1. The van der Waals surface area contributed by atoms with E-state index in [1.807, 2.05) is 49.4 Å². The number of morpholine rings is 1. The fraction of sp³-hybridized carbons (Fsp3) is 0.280. The second-order valence-electron chi connectivity index (χ2n) is 7.93. The van der Waals surface area contributed by atoms with Crippen molar-refractivity contribution in [3.8, 4) is 17.0 Å². The summed E-state index contributed by atoms with van der Waals surface area (Å²) in [5.74, 6) is 0.187. The van der Waals surface area contributed by atoms with Gasteiger partial charge in [-0.3, -0.25) is 9.59 Å². The Balaban J connectivity index is 1.52. The van der Waals surface area contributed by atoms with Crippen molar-refractivity contribution in [2.45, 2.75) is 13.5 Å². The first-order valence-corrected chi connectivity index (χ1v) is 12.3. The van der Waals surface area contributed by atoms with Crippen LogP contribution >= 0.6 is 11.3 Å². The molecule has 0 saturated carbocycles. The predicted molar refractivity (Wildman–Crippen MR) is 136 cm³/mol. The number of rotatable bonds is 7. The lowest BCUT2D eigenvalue weighted by Gasteiger charge is -2.25. The topological polar surface area (TPSA) is 98.6 Å². The maximum Gasteiger partial charge on any atom is 0.294 e. The van der Waals surface area contributed by atoms with Crippen molar-refractivity contribution in [2.24, 2.45) is 0 Å². The molecule has 2 aromatic carbocycles. The molecule has 0 bridgehead atoms. The number of anilines is 2. The zero-order valence-electron chi connectivity index (χ0n) is 19.3. The lowest BCUT2D eigenvalue weighted by atomic mass is 10.1. The van der Waals surface area contributed by atoms with Crippen LogP contribution in [0.4, 0.5) is 10.8 Å². The Morgan fingerprint density at radius 1 is 1.11 bits per heavy atom. The van der Waals surface area contributed by atoms with E-state index in [4.69, 9.17) is 9.47 Å². The van der Waals surface area contributed by atoms with Gasteiger partial charge in [-0.25, -0.2) is 9.67 Å². The van der Waals surface area contributed by atoms with Gasteiger partial charge >= 0.3 is 0 Å². The molecule has 5 rings (SSSR count). The minimum atomic E-state index is -0.399. The third-order valence-electron chi connectivity index (χ3n) is 5.57. The number of thiazole rings is 1. The van der Waals surface area contributed by atoms with Crippen LogP contribution in [0.5, 0.6) is 5.75 Å². The summed E-state index contributed by atoms with van der Waals surface area (Å²) >= 11 is 1.44. The Morgan fingerprint density at radius 2 is 1.86 bits per heavy atom. The van der Waals surface area contributed by atoms with Gasteiger partial charge in [0.05, 0.1) is 30.2 Å². The van der Waals surface area contributed by atoms with E-state index in [9.17, 15) is 9.59 Å². The molecule has 1 amide bonds. The maximum absolute atomic E-state index is 13.4. The number of hydrogen-bond donors (Lipinski definition) is 1. The molecular formula is C25H25N5O4S. The van der Waals surface area contributed by atoms with E-state index in [-0.39, 0.29) is 12.5 Å².